The molecule has 4 unspecified atom stereocenters. The van der Waals surface area contributed by atoms with Crippen molar-refractivity contribution in [3.63, 3.8) is 0 Å². The van der Waals surface area contributed by atoms with Gasteiger partial charge in [-0.1, -0.05) is 37.3 Å². The summed E-state index contributed by atoms with van der Waals surface area (Å²) in [5.41, 5.74) is 3.47. The highest BCUT2D eigenvalue weighted by atomic mass is 16.5. The third-order valence-electron chi connectivity index (χ3n) is 6.14. The van der Waals surface area contributed by atoms with Crippen LogP contribution in [-0.4, -0.2) is 52.8 Å². The van der Waals surface area contributed by atoms with Gasteiger partial charge in [-0.2, -0.15) is 5.10 Å². The Labute approximate surface area is 166 Å². The summed E-state index contributed by atoms with van der Waals surface area (Å²) in [6, 6.07) is 10.5. The number of hydrogen-bond acceptors (Lipinski definition) is 4. The second kappa shape index (κ2) is 8.45. The molecule has 1 fully saturated rings. The first-order chi connectivity index (χ1) is 13.6. The van der Waals surface area contributed by atoms with Crippen LogP contribution in [-0.2, 0) is 22.5 Å². The summed E-state index contributed by atoms with van der Waals surface area (Å²) < 4.78 is 6.00. The predicted molar refractivity (Wildman–Crippen MR) is 108 cm³/mol. The minimum atomic E-state index is -0.131. The monoisotopic (exact) mass is 382 g/mol. The van der Waals surface area contributed by atoms with Crippen molar-refractivity contribution in [3.8, 4) is 0 Å². The SMILES string of the molecule is CC1CCc2[nH]ncc2C1C(=O)NC(C)C1CN(Cc2ccccc2)CCO1. The summed E-state index contributed by atoms with van der Waals surface area (Å²) in [5.74, 6) is 0.277. The van der Waals surface area contributed by atoms with E-state index in [0.717, 1.165) is 43.7 Å². The zero-order valence-electron chi connectivity index (χ0n) is 16.7. The third-order valence-corrected chi connectivity index (χ3v) is 6.14. The summed E-state index contributed by atoms with van der Waals surface area (Å²) >= 11 is 0. The molecule has 2 aliphatic rings. The molecule has 28 heavy (non-hydrogen) atoms. The standard InChI is InChI=1S/C22H30N4O2/c1-15-8-9-19-18(12-23-25-19)21(15)22(27)24-16(2)20-14-26(10-11-28-20)13-17-6-4-3-5-7-17/h3-7,12,15-16,20-21H,8-11,13-14H2,1-2H3,(H,23,25)(H,24,27). The van der Waals surface area contributed by atoms with Gasteiger partial charge < -0.3 is 10.1 Å². The number of H-pyrrole nitrogens is 1. The Hall–Kier alpha value is -2.18. The number of aromatic nitrogens is 2. The number of rotatable bonds is 5. The van der Waals surface area contributed by atoms with Gasteiger partial charge >= 0.3 is 0 Å². The van der Waals surface area contributed by atoms with Gasteiger partial charge in [-0.15, -0.1) is 0 Å². The fraction of sp³-hybridized carbons (Fsp3) is 0.545. The number of hydrogen-bond donors (Lipinski definition) is 2. The van der Waals surface area contributed by atoms with Gasteiger partial charge in [-0.25, -0.2) is 0 Å². The number of amides is 1. The molecule has 1 aromatic heterocycles. The van der Waals surface area contributed by atoms with E-state index in [4.69, 9.17) is 4.74 Å². The summed E-state index contributed by atoms with van der Waals surface area (Å²) in [4.78, 5) is 15.5. The van der Waals surface area contributed by atoms with Crippen LogP contribution in [0.25, 0.3) is 0 Å². The van der Waals surface area contributed by atoms with E-state index in [1.54, 1.807) is 0 Å². The van der Waals surface area contributed by atoms with Gasteiger partial charge in [0.15, 0.2) is 0 Å². The molecule has 1 aliphatic heterocycles. The first-order valence-corrected chi connectivity index (χ1v) is 10.3. The van der Waals surface area contributed by atoms with Crippen LogP contribution in [0.2, 0.25) is 0 Å². The van der Waals surface area contributed by atoms with E-state index in [1.807, 2.05) is 12.3 Å². The van der Waals surface area contributed by atoms with Crippen LogP contribution in [0.4, 0.5) is 0 Å². The molecule has 0 radical (unpaired) electrons. The molecule has 0 bridgehead atoms. The molecule has 0 saturated carbocycles. The molecule has 4 rings (SSSR count). The highest BCUT2D eigenvalue weighted by Gasteiger charge is 2.35. The molecule has 1 saturated heterocycles. The maximum absolute atomic E-state index is 13.1. The Bertz CT molecular complexity index is 791. The smallest absolute Gasteiger partial charge is 0.228 e. The number of carbonyl (C=O) groups excluding carboxylic acids is 1. The highest BCUT2D eigenvalue weighted by molar-refractivity contribution is 5.84. The van der Waals surface area contributed by atoms with Crippen molar-refractivity contribution in [2.24, 2.45) is 5.92 Å². The lowest BCUT2D eigenvalue weighted by atomic mass is 9.78. The van der Waals surface area contributed by atoms with Crippen molar-refractivity contribution >= 4 is 5.91 Å². The van der Waals surface area contributed by atoms with Crippen LogP contribution < -0.4 is 5.32 Å². The molecule has 2 N–H and O–H groups in total. The zero-order chi connectivity index (χ0) is 19.5. The molecule has 1 aromatic carbocycles. The normalized spacial score (nSPS) is 26.4. The van der Waals surface area contributed by atoms with Crippen molar-refractivity contribution < 1.29 is 9.53 Å². The van der Waals surface area contributed by atoms with E-state index < -0.39 is 0 Å². The molecule has 2 aromatic rings. The van der Waals surface area contributed by atoms with E-state index >= 15 is 0 Å². The Morgan fingerprint density at radius 3 is 3.04 bits per heavy atom. The van der Waals surface area contributed by atoms with Crippen molar-refractivity contribution in [1.82, 2.24) is 20.4 Å². The van der Waals surface area contributed by atoms with Crippen LogP contribution in [0, 0.1) is 5.92 Å². The van der Waals surface area contributed by atoms with Gasteiger partial charge in [0.2, 0.25) is 5.91 Å². The molecule has 1 amide bonds. The van der Waals surface area contributed by atoms with Gasteiger partial charge in [-0.05, 0) is 31.2 Å². The molecule has 2 heterocycles. The minimum absolute atomic E-state index is 0.00382. The highest BCUT2D eigenvalue weighted by Crippen LogP contribution is 2.35. The molecule has 150 valence electrons. The number of nitrogens with one attached hydrogen (secondary N) is 2. The van der Waals surface area contributed by atoms with E-state index in [-0.39, 0.29) is 24.0 Å². The average Bonchev–Trinajstić information content (AvgIpc) is 3.17. The number of aromatic amines is 1. The third kappa shape index (κ3) is 4.13. The van der Waals surface area contributed by atoms with Crippen LogP contribution in [0.3, 0.4) is 0 Å². The van der Waals surface area contributed by atoms with Crippen molar-refractivity contribution in [2.75, 3.05) is 19.7 Å². The van der Waals surface area contributed by atoms with Crippen molar-refractivity contribution in [2.45, 2.75) is 51.3 Å². The molecule has 4 atom stereocenters. The van der Waals surface area contributed by atoms with Crippen LogP contribution in [0.5, 0.6) is 0 Å². The van der Waals surface area contributed by atoms with Crippen LogP contribution in [0.1, 0.15) is 43.0 Å². The zero-order valence-corrected chi connectivity index (χ0v) is 16.7. The fourth-order valence-corrected chi connectivity index (χ4v) is 4.46. The molecule has 1 aliphatic carbocycles. The number of benzene rings is 1. The van der Waals surface area contributed by atoms with E-state index in [2.05, 4.69) is 58.5 Å². The van der Waals surface area contributed by atoms with E-state index in [9.17, 15) is 4.79 Å². The van der Waals surface area contributed by atoms with Gasteiger partial charge in [-0.3, -0.25) is 14.8 Å². The maximum Gasteiger partial charge on any atom is 0.228 e. The summed E-state index contributed by atoms with van der Waals surface area (Å²) in [6.07, 6.45) is 3.80. The lowest BCUT2D eigenvalue weighted by Gasteiger charge is -2.37. The van der Waals surface area contributed by atoms with Gasteiger partial charge in [0.1, 0.15) is 0 Å². The molecular weight excluding hydrogens is 352 g/mol. The Morgan fingerprint density at radius 2 is 2.21 bits per heavy atom. The number of carbonyl (C=O) groups is 1. The number of morpholine rings is 1. The van der Waals surface area contributed by atoms with Crippen molar-refractivity contribution in [1.29, 1.82) is 0 Å². The fourth-order valence-electron chi connectivity index (χ4n) is 4.46. The molecule has 6 nitrogen and oxygen atoms in total. The van der Waals surface area contributed by atoms with Gasteiger partial charge in [0.05, 0.1) is 30.9 Å². The molecule has 6 heteroatoms. The van der Waals surface area contributed by atoms with Crippen LogP contribution >= 0.6 is 0 Å². The average molecular weight is 383 g/mol. The van der Waals surface area contributed by atoms with Gasteiger partial charge in [0.25, 0.3) is 0 Å². The predicted octanol–water partition coefficient (Wildman–Crippen LogP) is 2.48. The summed E-state index contributed by atoms with van der Waals surface area (Å²) in [5, 5.41) is 10.4. The van der Waals surface area contributed by atoms with Crippen LogP contribution in [0.15, 0.2) is 36.5 Å². The first kappa shape index (κ1) is 19.2. The largest absolute Gasteiger partial charge is 0.373 e. The maximum atomic E-state index is 13.1. The quantitative estimate of drug-likeness (QED) is 0.834. The topological polar surface area (TPSA) is 70.2 Å². The van der Waals surface area contributed by atoms with E-state index in [1.165, 1.54) is 5.56 Å². The Morgan fingerprint density at radius 1 is 1.39 bits per heavy atom. The number of nitrogens with zero attached hydrogens (tertiary/aromatic N) is 2. The summed E-state index contributed by atoms with van der Waals surface area (Å²) in [6.45, 7) is 7.57. The molecular formula is C22H30N4O2. The lowest BCUT2D eigenvalue weighted by molar-refractivity contribution is -0.126. The first-order valence-electron chi connectivity index (χ1n) is 10.3. The number of ether oxygens (including phenoxy) is 1. The van der Waals surface area contributed by atoms with Gasteiger partial charge in [0, 0.05) is 30.9 Å². The lowest BCUT2D eigenvalue weighted by Crippen LogP contribution is -2.53. The summed E-state index contributed by atoms with van der Waals surface area (Å²) in [7, 11) is 0. The molecule has 0 spiro atoms. The number of fused-ring (bicyclic) bond motifs is 1. The Kier molecular flexibility index (Phi) is 5.78. The number of aryl methyl sites for hydroxylation is 1. The van der Waals surface area contributed by atoms with Crippen molar-refractivity contribution in [3.05, 3.63) is 53.3 Å². The van der Waals surface area contributed by atoms with E-state index in [0.29, 0.717) is 12.5 Å². The Balaban J connectivity index is 1.37. The minimum Gasteiger partial charge on any atom is -0.373 e. The second-order valence-corrected chi connectivity index (χ2v) is 8.22. The second-order valence-electron chi connectivity index (χ2n) is 8.22.